The smallest absolute Gasteiger partial charge is 0.143 e. The van der Waals surface area contributed by atoms with E-state index in [1.807, 2.05) is 19.1 Å². The van der Waals surface area contributed by atoms with E-state index in [0.29, 0.717) is 11.6 Å². The fourth-order valence-corrected chi connectivity index (χ4v) is 2.60. The van der Waals surface area contributed by atoms with Gasteiger partial charge in [-0.1, -0.05) is 13.8 Å². The second kappa shape index (κ2) is 5.70. The Balaban J connectivity index is 2.05. The third-order valence-corrected chi connectivity index (χ3v) is 4.07. The van der Waals surface area contributed by atoms with Crippen molar-refractivity contribution in [3.63, 3.8) is 0 Å². The Bertz CT molecular complexity index is 405. The van der Waals surface area contributed by atoms with Gasteiger partial charge in [0.1, 0.15) is 11.4 Å². The fourth-order valence-electron chi connectivity index (χ4n) is 2.60. The van der Waals surface area contributed by atoms with Gasteiger partial charge in [0.05, 0.1) is 12.7 Å². The van der Waals surface area contributed by atoms with Crippen LogP contribution in [0.25, 0.3) is 0 Å². The van der Waals surface area contributed by atoms with Crippen LogP contribution in [0.3, 0.4) is 0 Å². The Morgan fingerprint density at radius 2 is 2.06 bits per heavy atom. The van der Waals surface area contributed by atoms with E-state index in [1.54, 1.807) is 0 Å². The Morgan fingerprint density at radius 3 is 2.72 bits per heavy atom. The molecular weight excluding hydrogens is 226 g/mol. The Labute approximate surface area is 109 Å². The summed E-state index contributed by atoms with van der Waals surface area (Å²) in [4.78, 5) is 4.32. The van der Waals surface area contributed by atoms with E-state index in [0.717, 1.165) is 30.2 Å². The molecule has 1 aliphatic carbocycles. The SMILES string of the molecule is Cc1ccc(OC2CCC(C)C(C)C2)c(CO)n1. The third-order valence-electron chi connectivity index (χ3n) is 4.07. The molecule has 1 fully saturated rings. The monoisotopic (exact) mass is 249 g/mol. The molecule has 1 heterocycles. The summed E-state index contributed by atoms with van der Waals surface area (Å²) in [5.74, 6) is 2.24. The Morgan fingerprint density at radius 1 is 1.28 bits per heavy atom. The molecule has 1 N–H and O–H groups in total. The van der Waals surface area contributed by atoms with Crippen LogP contribution >= 0.6 is 0 Å². The van der Waals surface area contributed by atoms with Crippen LogP contribution in [-0.4, -0.2) is 16.2 Å². The molecule has 18 heavy (non-hydrogen) atoms. The van der Waals surface area contributed by atoms with Crippen LogP contribution in [-0.2, 0) is 6.61 Å². The van der Waals surface area contributed by atoms with Crippen LogP contribution in [0.4, 0.5) is 0 Å². The molecule has 0 amide bonds. The molecule has 0 saturated heterocycles. The number of hydrogen-bond donors (Lipinski definition) is 1. The number of rotatable bonds is 3. The molecule has 2 rings (SSSR count). The van der Waals surface area contributed by atoms with Gasteiger partial charge in [0.15, 0.2) is 0 Å². The first-order valence-electron chi connectivity index (χ1n) is 6.84. The van der Waals surface area contributed by atoms with Gasteiger partial charge < -0.3 is 9.84 Å². The summed E-state index contributed by atoms with van der Waals surface area (Å²) in [5, 5.41) is 9.32. The molecule has 0 aromatic carbocycles. The molecule has 1 aliphatic rings. The van der Waals surface area contributed by atoms with E-state index in [1.165, 1.54) is 6.42 Å². The number of pyridine rings is 1. The number of aromatic nitrogens is 1. The molecule has 3 atom stereocenters. The highest BCUT2D eigenvalue weighted by Crippen LogP contribution is 2.32. The summed E-state index contributed by atoms with van der Waals surface area (Å²) in [6.45, 7) is 6.47. The maximum absolute atomic E-state index is 9.32. The highest BCUT2D eigenvalue weighted by molar-refractivity contribution is 5.29. The first-order valence-corrected chi connectivity index (χ1v) is 6.84. The lowest BCUT2D eigenvalue weighted by Gasteiger charge is -2.32. The van der Waals surface area contributed by atoms with Gasteiger partial charge in [0.2, 0.25) is 0 Å². The van der Waals surface area contributed by atoms with Gasteiger partial charge in [-0.15, -0.1) is 0 Å². The second-order valence-corrected chi connectivity index (χ2v) is 5.56. The van der Waals surface area contributed by atoms with Crippen LogP contribution in [0, 0.1) is 18.8 Å². The molecule has 0 bridgehead atoms. The van der Waals surface area contributed by atoms with Crippen molar-refractivity contribution in [2.75, 3.05) is 0 Å². The number of aliphatic hydroxyl groups is 1. The molecule has 0 radical (unpaired) electrons. The standard InChI is InChI=1S/C15H23NO2/c1-10-4-6-13(8-11(10)2)18-15-7-5-12(3)16-14(15)9-17/h5,7,10-11,13,17H,4,6,8-9H2,1-3H3. The number of ether oxygens (including phenoxy) is 1. The number of aryl methyl sites for hydroxylation is 1. The van der Waals surface area contributed by atoms with Gasteiger partial charge in [0.25, 0.3) is 0 Å². The molecule has 0 aliphatic heterocycles. The molecule has 3 unspecified atom stereocenters. The minimum absolute atomic E-state index is 0.0598. The van der Waals surface area contributed by atoms with Crippen molar-refractivity contribution < 1.29 is 9.84 Å². The van der Waals surface area contributed by atoms with Crippen molar-refractivity contribution in [2.24, 2.45) is 11.8 Å². The van der Waals surface area contributed by atoms with E-state index < -0.39 is 0 Å². The number of nitrogens with zero attached hydrogens (tertiary/aromatic N) is 1. The zero-order valence-corrected chi connectivity index (χ0v) is 11.5. The molecular formula is C15H23NO2. The summed E-state index contributed by atoms with van der Waals surface area (Å²) in [5.41, 5.74) is 1.57. The van der Waals surface area contributed by atoms with Gasteiger partial charge in [-0.3, -0.25) is 4.98 Å². The molecule has 1 aromatic heterocycles. The average Bonchev–Trinajstić information content (AvgIpc) is 2.36. The van der Waals surface area contributed by atoms with Gasteiger partial charge in [-0.25, -0.2) is 0 Å². The minimum Gasteiger partial charge on any atom is -0.488 e. The summed E-state index contributed by atoms with van der Waals surface area (Å²) in [6.07, 6.45) is 3.69. The summed E-state index contributed by atoms with van der Waals surface area (Å²) in [6, 6.07) is 3.86. The van der Waals surface area contributed by atoms with Crippen molar-refractivity contribution in [3.8, 4) is 5.75 Å². The van der Waals surface area contributed by atoms with Gasteiger partial charge in [0, 0.05) is 5.69 Å². The van der Waals surface area contributed by atoms with E-state index >= 15 is 0 Å². The van der Waals surface area contributed by atoms with E-state index in [9.17, 15) is 5.11 Å². The second-order valence-electron chi connectivity index (χ2n) is 5.56. The predicted molar refractivity (Wildman–Crippen MR) is 71.5 cm³/mol. The normalized spacial score (nSPS) is 28.1. The number of hydrogen-bond acceptors (Lipinski definition) is 3. The van der Waals surface area contributed by atoms with Gasteiger partial charge >= 0.3 is 0 Å². The summed E-state index contributed by atoms with van der Waals surface area (Å²) >= 11 is 0. The highest BCUT2D eigenvalue weighted by Gasteiger charge is 2.26. The van der Waals surface area contributed by atoms with Gasteiger partial charge in [-0.05, 0) is 50.2 Å². The molecule has 1 aromatic rings. The Kier molecular flexibility index (Phi) is 4.23. The van der Waals surface area contributed by atoms with Crippen LogP contribution < -0.4 is 4.74 Å². The maximum Gasteiger partial charge on any atom is 0.143 e. The molecule has 100 valence electrons. The largest absolute Gasteiger partial charge is 0.488 e. The molecule has 1 saturated carbocycles. The molecule has 0 spiro atoms. The average molecular weight is 249 g/mol. The van der Waals surface area contributed by atoms with Gasteiger partial charge in [-0.2, -0.15) is 0 Å². The first kappa shape index (κ1) is 13.3. The summed E-state index contributed by atoms with van der Waals surface area (Å²) in [7, 11) is 0. The maximum atomic E-state index is 9.32. The molecule has 3 heteroatoms. The lowest BCUT2D eigenvalue weighted by molar-refractivity contribution is 0.0974. The quantitative estimate of drug-likeness (QED) is 0.895. The van der Waals surface area contributed by atoms with Crippen LogP contribution in [0.2, 0.25) is 0 Å². The Hall–Kier alpha value is -1.09. The van der Waals surface area contributed by atoms with E-state index in [-0.39, 0.29) is 12.7 Å². The van der Waals surface area contributed by atoms with Crippen molar-refractivity contribution >= 4 is 0 Å². The zero-order chi connectivity index (χ0) is 13.1. The lowest BCUT2D eigenvalue weighted by Crippen LogP contribution is -2.29. The first-order chi connectivity index (χ1) is 8.60. The number of aliphatic hydroxyl groups excluding tert-OH is 1. The summed E-state index contributed by atoms with van der Waals surface area (Å²) < 4.78 is 6.03. The zero-order valence-electron chi connectivity index (χ0n) is 11.5. The topological polar surface area (TPSA) is 42.4 Å². The van der Waals surface area contributed by atoms with Crippen molar-refractivity contribution in [1.82, 2.24) is 4.98 Å². The van der Waals surface area contributed by atoms with Crippen molar-refractivity contribution in [1.29, 1.82) is 0 Å². The van der Waals surface area contributed by atoms with Crippen LogP contribution in [0.5, 0.6) is 5.75 Å². The van der Waals surface area contributed by atoms with E-state index in [4.69, 9.17) is 4.74 Å². The molecule has 3 nitrogen and oxygen atoms in total. The highest BCUT2D eigenvalue weighted by atomic mass is 16.5. The van der Waals surface area contributed by atoms with Crippen molar-refractivity contribution in [2.45, 2.75) is 52.7 Å². The third kappa shape index (κ3) is 3.02. The minimum atomic E-state index is -0.0598. The van der Waals surface area contributed by atoms with Crippen LogP contribution in [0.1, 0.15) is 44.5 Å². The predicted octanol–water partition coefficient (Wildman–Crippen LogP) is 3.09. The lowest BCUT2D eigenvalue weighted by atomic mass is 9.80. The van der Waals surface area contributed by atoms with E-state index in [2.05, 4.69) is 18.8 Å². The van der Waals surface area contributed by atoms with Crippen molar-refractivity contribution in [3.05, 3.63) is 23.5 Å². The fraction of sp³-hybridized carbons (Fsp3) is 0.667. The van der Waals surface area contributed by atoms with Crippen LogP contribution in [0.15, 0.2) is 12.1 Å².